The average molecular weight is 259 g/mol. The minimum atomic E-state index is -0.429. The number of fused-ring (bicyclic) bond motifs is 2. The van der Waals surface area contributed by atoms with Crippen molar-refractivity contribution in [2.75, 3.05) is 0 Å². The third-order valence-corrected chi connectivity index (χ3v) is 4.49. The van der Waals surface area contributed by atoms with E-state index in [0.717, 1.165) is 18.1 Å². The van der Waals surface area contributed by atoms with Crippen molar-refractivity contribution in [3.63, 3.8) is 0 Å². The number of hydrogen-bond donors (Lipinski definition) is 1. The molecule has 0 aromatic heterocycles. The molecule has 4 unspecified atom stereocenters. The normalized spacial score (nSPS) is 30.1. The minimum Gasteiger partial charge on any atom is -0.481 e. The Morgan fingerprint density at radius 3 is 2.68 bits per heavy atom. The molecule has 3 heteroatoms. The molecule has 2 fully saturated rings. The first kappa shape index (κ1) is 12.5. The molecule has 0 radical (unpaired) electrons. The molecular formula is C16H21NO2. The van der Waals surface area contributed by atoms with Crippen LogP contribution in [0, 0.1) is 11.8 Å². The highest BCUT2D eigenvalue weighted by Crippen LogP contribution is 2.44. The lowest BCUT2D eigenvalue weighted by Gasteiger charge is -2.24. The molecule has 2 aliphatic rings. The summed E-state index contributed by atoms with van der Waals surface area (Å²) in [5.74, 6) is 2.32. The van der Waals surface area contributed by atoms with Gasteiger partial charge in [0, 0.05) is 6.04 Å². The number of nitrogens with one attached hydrogen (secondary N) is 1. The van der Waals surface area contributed by atoms with Gasteiger partial charge in [-0.15, -0.1) is 0 Å². The fourth-order valence-electron chi connectivity index (χ4n) is 3.48. The van der Waals surface area contributed by atoms with Crippen LogP contribution in [0.3, 0.4) is 0 Å². The standard InChI is InChI=1S/C16H21NO2/c1-11(19-14-5-3-2-4-6-14)16(18)17-15-10-12-7-8-13(15)9-12/h2-6,11-13,15H,7-10H2,1H3,(H,17,18). The van der Waals surface area contributed by atoms with E-state index in [-0.39, 0.29) is 5.91 Å². The van der Waals surface area contributed by atoms with Crippen molar-refractivity contribution in [2.45, 2.75) is 44.8 Å². The third-order valence-electron chi connectivity index (χ3n) is 4.49. The lowest BCUT2D eigenvalue weighted by molar-refractivity contribution is -0.128. The Hall–Kier alpha value is -1.51. The Bertz CT molecular complexity index is 445. The SMILES string of the molecule is CC(Oc1ccccc1)C(=O)NC1CC2CCC1C2. The van der Waals surface area contributed by atoms with Crippen molar-refractivity contribution in [3.05, 3.63) is 30.3 Å². The van der Waals surface area contributed by atoms with Gasteiger partial charge < -0.3 is 10.1 Å². The molecule has 0 aliphatic heterocycles. The molecule has 2 aliphatic carbocycles. The molecule has 102 valence electrons. The van der Waals surface area contributed by atoms with Gasteiger partial charge in [0.1, 0.15) is 5.75 Å². The fourth-order valence-corrected chi connectivity index (χ4v) is 3.48. The Balaban J connectivity index is 1.53. The zero-order chi connectivity index (χ0) is 13.2. The highest BCUT2D eigenvalue weighted by molar-refractivity contribution is 5.81. The van der Waals surface area contributed by atoms with Crippen LogP contribution in [0.5, 0.6) is 5.75 Å². The van der Waals surface area contributed by atoms with Gasteiger partial charge in [0.25, 0.3) is 5.91 Å². The third kappa shape index (κ3) is 2.75. The van der Waals surface area contributed by atoms with Gasteiger partial charge in [-0.25, -0.2) is 0 Å². The van der Waals surface area contributed by atoms with Crippen LogP contribution in [-0.2, 0) is 4.79 Å². The molecule has 3 rings (SSSR count). The van der Waals surface area contributed by atoms with Gasteiger partial charge in [0.15, 0.2) is 6.10 Å². The molecule has 19 heavy (non-hydrogen) atoms. The van der Waals surface area contributed by atoms with Crippen LogP contribution in [0.15, 0.2) is 30.3 Å². The number of carbonyl (C=O) groups is 1. The van der Waals surface area contributed by atoms with E-state index in [9.17, 15) is 4.79 Å². The molecule has 0 spiro atoms. The van der Waals surface area contributed by atoms with Gasteiger partial charge in [-0.05, 0) is 50.2 Å². The quantitative estimate of drug-likeness (QED) is 0.903. The Labute approximate surface area is 114 Å². The zero-order valence-corrected chi connectivity index (χ0v) is 11.3. The largest absolute Gasteiger partial charge is 0.481 e. The van der Waals surface area contributed by atoms with Crippen LogP contribution >= 0.6 is 0 Å². The summed E-state index contributed by atoms with van der Waals surface area (Å²) in [4.78, 5) is 12.1. The molecule has 3 nitrogen and oxygen atoms in total. The van der Waals surface area contributed by atoms with Gasteiger partial charge in [-0.1, -0.05) is 24.6 Å². The van der Waals surface area contributed by atoms with E-state index in [1.165, 1.54) is 19.3 Å². The minimum absolute atomic E-state index is 0.0152. The number of amides is 1. The van der Waals surface area contributed by atoms with Crippen molar-refractivity contribution >= 4 is 5.91 Å². The summed E-state index contributed by atoms with van der Waals surface area (Å²) in [5.41, 5.74) is 0. The maximum absolute atomic E-state index is 12.1. The maximum Gasteiger partial charge on any atom is 0.261 e. The predicted molar refractivity (Wildman–Crippen MR) is 73.9 cm³/mol. The van der Waals surface area contributed by atoms with Crippen LogP contribution in [0.2, 0.25) is 0 Å². The van der Waals surface area contributed by atoms with Crippen LogP contribution in [0.1, 0.15) is 32.6 Å². The van der Waals surface area contributed by atoms with Crippen molar-refractivity contribution in [1.82, 2.24) is 5.32 Å². The first-order valence-corrected chi connectivity index (χ1v) is 7.24. The summed E-state index contributed by atoms with van der Waals surface area (Å²) >= 11 is 0. The summed E-state index contributed by atoms with van der Waals surface area (Å²) in [7, 11) is 0. The van der Waals surface area contributed by atoms with Gasteiger partial charge in [0.05, 0.1) is 0 Å². The molecule has 0 saturated heterocycles. The Morgan fingerprint density at radius 1 is 1.26 bits per heavy atom. The van der Waals surface area contributed by atoms with Gasteiger partial charge in [-0.2, -0.15) is 0 Å². The van der Waals surface area contributed by atoms with E-state index in [1.54, 1.807) is 0 Å². The lowest BCUT2D eigenvalue weighted by Crippen LogP contribution is -2.44. The van der Waals surface area contributed by atoms with Crippen LogP contribution in [0.4, 0.5) is 0 Å². The van der Waals surface area contributed by atoms with Crippen molar-refractivity contribution < 1.29 is 9.53 Å². The summed E-state index contributed by atoms with van der Waals surface area (Å²) < 4.78 is 5.65. The van der Waals surface area contributed by atoms with Crippen LogP contribution in [0.25, 0.3) is 0 Å². The molecule has 2 saturated carbocycles. The number of benzene rings is 1. The van der Waals surface area contributed by atoms with Crippen LogP contribution in [-0.4, -0.2) is 18.1 Å². The number of carbonyl (C=O) groups excluding carboxylic acids is 1. The molecule has 1 N–H and O–H groups in total. The highest BCUT2D eigenvalue weighted by Gasteiger charge is 2.40. The molecule has 1 aromatic carbocycles. The Kier molecular flexibility index (Phi) is 3.45. The number of para-hydroxylation sites is 1. The summed E-state index contributed by atoms with van der Waals surface area (Å²) in [5, 5.41) is 3.17. The second-order valence-corrected chi connectivity index (χ2v) is 5.86. The second-order valence-electron chi connectivity index (χ2n) is 5.86. The van der Waals surface area contributed by atoms with E-state index in [1.807, 2.05) is 37.3 Å². The van der Waals surface area contributed by atoms with Gasteiger partial charge in [-0.3, -0.25) is 4.79 Å². The van der Waals surface area contributed by atoms with E-state index in [4.69, 9.17) is 4.74 Å². The average Bonchev–Trinajstić information content (AvgIpc) is 3.02. The van der Waals surface area contributed by atoms with Crippen molar-refractivity contribution in [3.8, 4) is 5.75 Å². The molecular weight excluding hydrogens is 238 g/mol. The smallest absolute Gasteiger partial charge is 0.261 e. The molecule has 2 bridgehead atoms. The number of ether oxygens (including phenoxy) is 1. The molecule has 1 amide bonds. The molecule has 0 heterocycles. The monoisotopic (exact) mass is 259 g/mol. The predicted octanol–water partition coefficient (Wildman–Crippen LogP) is 2.76. The topological polar surface area (TPSA) is 38.3 Å². The molecule has 1 aromatic rings. The number of hydrogen-bond acceptors (Lipinski definition) is 2. The fraction of sp³-hybridized carbons (Fsp3) is 0.562. The van der Waals surface area contributed by atoms with E-state index >= 15 is 0 Å². The highest BCUT2D eigenvalue weighted by atomic mass is 16.5. The van der Waals surface area contributed by atoms with Crippen molar-refractivity contribution in [1.29, 1.82) is 0 Å². The first-order chi connectivity index (χ1) is 9.22. The lowest BCUT2D eigenvalue weighted by atomic mass is 9.95. The van der Waals surface area contributed by atoms with Gasteiger partial charge >= 0.3 is 0 Å². The van der Waals surface area contributed by atoms with Crippen LogP contribution < -0.4 is 10.1 Å². The number of rotatable bonds is 4. The summed E-state index contributed by atoms with van der Waals surface area (Å²) in [6.45, 7) is 1.82. The summed E-state index contributed by atoms with van der Waals surface area (Å²) in [6, 6.07) is 9.90. The Morgan fingerprint density at radius 2 is 2.05 bits per heavy atom. The molecule has 4 atom stereocenters. The van der Waals surface area contributed by atoms with E-state index in [2.05, 4.69) is 5.32 Å². The second kappa shape index (κ2) is 5.24. The zero-order valence-electron chi connectivity index (χ0n) is 11.3. The van der Waals surface area contributed by atoms with Gasteiger partial charge in [0.2, 0.25) is 0 Å². The summed E-state index contributed by atoms with van der Waals surface area (Å²) in [6.07, 6.45) is 4.67. The van der Waals surface area contributed by atoms with E-state index in [0.29, 0.717) is 12.0 Å². The van der Waals surface area contributed by atoms with Crippen molar-refractivity contribution in [2.24, 2.45) is 11.8 Å². The maximum atomic E-state index is 12.1. The first-order valence-electron chi connectivity index (χ1n) is 7.24. The van der Waals surface area contributed by atoms with E-state index < -0.39 is 6.10 Å².